The number of piperidine rings is 1. The Hall–Kier alpha value is -2.66. The van der Waals surface area contributed by atoms with Crippen molar-refractivity contribution in [3.05, 3.63) is 65.7 Å². The second-order valence-corrected chi connectivity index (χ2v) is 6.82. The van der Waals surface area contributed by atoms with E-state index in [-0.39, 0.29) is 17.7 Å². The lowest BCUT2D eigenvalue weighted by Gasteiger charge is -2.28. The number of urea groups is 1. The van der Waals surface area contributed by atoms with E-state index in [0.717, 1.165) is 31.5 Å². The van der Waals surface area contributed by atoms with Gasteiger partial charge in [0.25, 0.3) is 0 Å². The van der Waals surface area contributed by atoms with E-state index in [0.29, 0.717) is 17.8 Å². The fourth-order valence-corrected chi connectivity index (χ4v) is 3.21. The fourth-order valence-electron chi connectivity index (χ4n) is 3.21. The van der Waals surface area contributed by atoms with Crippen molar-refractivity contribution in [3.63, 3.8) is 0 Å². The van der Waals surface area contributed by atoms with Gasteiger partial charge in [0, 0.05) is 23.7 Å². The second-order valence-electron chi connectivity index (χ2n) is 6.82. The van der Waals surface area contributed by atoms with Crippen LogP contribution < -0.4 is 10.6 Å². The number of likely N-dealkylation sites (tertiary alicyclic amines) is 1. The van der Waals surface area contributed by atoms with Crippen LogP contribution in [0, 0.1) is 5.92 Å². The van der Waals surface area contributed by atoms with Gasteiger partial charge < -0.3 is 15.5 Å². The van der Waals surface area contributed by atoms with E-state index in [1.54, 1.807) is 12.1 Å². The van der Waals surface area contributed by atoms with Crippen molar-refractivity contribution < 1.29 is 9.59 Å². The first-order valence-electron chi connectivity index (χ1n) is 9.03. The Bertz CT molecular complexity index is 753. The van der Waals surface area contributed by atoms with Crippen LogP contribution in [0.2, 0.25) is 0 Å². The van der Waals surface area contributed by atoms with Crippen molar-refractivity contribution in [3.8, 4) is 0 Å². The Morgan fingerprint density at radius 2 is 1.77 bits per heavy atom. The summed E-state index contributed by atoms with van der Waals surface area (Å²) in [5.74, 6) is 0.250. The number of benzene rings is 2. The number of carbonyl (C=O) groups is 2. The summed E-state index contributed by atoms with van der Waals surface area (Å²) in [5.41, 5.74) is 2.34. The summed E-state index contributed by atoms with van der Waals surface area (Å²) in [6.45, 7) is 2.37. The number of rotatable bonds is 5. The monoisotopic (exact) mass is 351 g/mol. The summed E-state index contributed by atoms with van der Waals surface area (Å²) in [5, 5.41) is 5.63. The van der Waals surface area contributed by atoms with Crippen LogP contribution in [-0.2, 0) is 6.54 Å². The number of ketones is 1. The van der Waals surface area contributed by atoms with Gasteiger partial charge in [0.2, 0.25) is 0 Å². The normalized spacial score (nSPS) is 15.4. The molecule has 5 heteroatoms. The van der Waals surface area contributed by atoms with Crippen molar-refractivity contribution >= 4 is 17.5 Å². The molecule has 1 saturated heterocycles. The van der Waals surface area contributed by atoms with Crippen molar-refractivity contribution in [2.24, 2.45) is 5.92 Å². The van der Waals surface area contributed by atoms with Crippen molar-refractivity contribution in [1.29, 1.82) is 0 Å². The van der Waals surface area contributed by atoms with Gasteiger partial charge in [-0.2, -0.15) is 0 Å². The Morgan fingerprint density at radius 1 is 1.04 bits per heavy atom. The molecule has 2 aromatic carbocycles. The molecule has 0 aliphatic carbocycles. The Balaban J connectivity index is 1.56. The van der Waals surface area contributed by atoms with Crippen molar-refractivity contribution in [1.82, 2.24) is 10.2 Å². The second kappa shape index (κ2) is 8.63. The lowest BCUT2D eigenvalue weighted by Crippen LogP contribution is -2.33. The number of Topliss-reactive ketones (excluding diaryl/α,β-unsaturated/α-hetero) is 1. The van der Waals surface area contributed by atoms with Crippen molar-refractivity contribution in [2.45, 2.75) is 19.4 Å². The smallest absolute Gasteiger partial charge is 0.319 e. The highest BCUT2D eigenvalue weighted by Crippen LogP contribution is 2.22. The molecule has 0 atom stereocenters. The van der Waals surface area contributed by atoms with E-state index >= 15 is 0 Å². The number of hydrogen-bond donors (Lipinski definition) is 2. The lowest BCUT2D eigenvalue weighted by molar-refractivity contribution is 0.0857. The molecule has 0 bridgehead atoms. The number of hydrogen-bond acceptors (Lipinski definition) is 3. The maximum atomic E-state index is 12.7. The summed E-state index contributed by atoms with van der Waals surface area (Å²) >= 11 is 0. The van der Waals surface area contributed by atoms with Gasteiger partial charge in [-0.15, -0.1) is 0 Å². The molecule has 1 aliphatic rings. The first-order valence-corrected chi connectivity index (χ1v) is 9.03. The molecule has 1 aliphatic heterocycles. The Labute approximate surface area is 154 Å². The Morgan fingerprint density at radius 3 is 2.50 bits per heavy atom. The van der Waals surface area contributed by atoms with Gasteiger partial charge in [0.1, 0.15) is 0 Å². The number of anilines is 1. The number of nitrogens with zero attached hydrogens (tertiary/aromatic N) is 1. The Kier molecular flexibility index (Phi) is 6.02. The molecule has 0 radical (unpaired) electrons. The molecule has 0 spiro atoms. The molecule has 1 heterocycles. The quantitative estimate of drug-likeness (QED) is 0.810. The van der Waals surface area contributed by atoms with E-state index in [4.69, 9.17) is 0 Å². The number of nitrogens with one attached hydrogen (secondary N) is 2. The molecule has 2 N–H and O–H groups in total. The van der Waals surface area contributed by atoms with E-state index in [9.17, 15) is 9.59 Å². The molecule has 2 aromatic rings. The maximum absolute atomic E-state index is 12.7. The van der Waals surface area contributed by atoms with Crippen LogP contribution >= 0.6 is 0 Å². The van der Waals surface area contributed by atoms with E-state index < -0.39 is 0 Å². The average Bonchev–Trinajstić information content (AvgIpc) is 2.67. The maximum Gasteiger partial charge on any atom is 0.319 e. The molecule has 0 saturated carbocycles. The highest BCUT2D eigenvalue weighted by atomic mass is 16.2. The third kappa shape index (κ3) is 4.92. The number of carbonyl (C=O) groups excluding carboxylic acids is 2. The van der Waals surface area contributed by atoms with Crippen LogP contribution in [0.1, 0.15) is 28.8 Å². The third-order valence-electron chi connectivity index (χ3n) is 4.79. The summed E-state index contributed by atoms with van der Waals surface area (Å²) < 4.78 is 0. The van der Waals surface area contributed by atoms with Crippen LogP contribution in [0.3, 0.4) is 0 Å². The SMILES string of the molecule is CN1CCC(C(=O)c2cccc(NC(=O)NCc3ccccc3)c2)CC1. The van der Waals surface area contributed by atoms with Gasteiger partial charge in [0.15, 0.2) is 5.78 Å². The minimum Gasteiger partial charge on any atom is -0.334 e. The summed E-state index contributed by atoms with van der Waals surface area (Å²) in [6.07, 6.45) is 1.79. The molecule has 2 amide bonds. The van der Waals surface area contributed by atoms with Crippen LogP contribution in [0.15, 0.2) is 54.6 Å². The average molecular weight is 351 g/mol. The van der Waals surface area contributed by atoms with Gasteiger partial charge in [-0.1, -0.05) is 42.5 Å². The zero-order chi connectivity index (χ0) is 18.4. The van der Waals surface area contributed by atoms with Crippen LogP contribution in [-0.4, -0.2) is 36.9 Å². The zero-order valence-corrected chi connectivity index (χ0v) is 15.1. The zero-order valence-electron chi connectivity index (χ0n) is 15.1. The van der Waals surface area contributed by atoms with Gasteiger partial charge in [-0.25, -0.2) is 4.79 Å². The third-order valence-corrected chi connectivity index (χ3v) is 4.79. The fraction of sp³-hybridized carbons (Fsp3) is 0.333. The number of amides is 2. The van der Waals surface area contributed by atoms with E-state index in [1.165, 1.54) is 0 Å². The molecule has 3 rings (SSSR count). The van der Waals surface area contributed by atoms with E-state index in [2.05, 4.69) is 22.6 Å². The van der Waals surface area contributed by atoms with Gasteiger partial charge >= 0.3 is 6.03 Å². The summed E-state index contributed by atoms with van der Waals surface area (Å²) in [4.78, 5) is 27.0. The molecule has 0 aromatic heterocycles. The molecule has 136 valence electrons. The highest BCUT2D eigenvalue weighted by molar-refractivity contribution is 5.99. The molecular weight excluding hydrogens is 326 g/mol. The van der Waals surface area contributed by atoms with Crippen molar-refractivity contribution in [2.75, 3.05) is 25.5 Å². The van der Waals surface area contributed by atoms with Crippen LogP contribution in [0.4, 0.5) is 10.5 Å². The predicted octanol–water partition coefficient (Wildman–Crippen LogP) is 3.53. The molecule has 26 heavy (non-hydrogen) atoms. The first-order chi connectivity index (χ1) is 12.6. The van der Waals surface area contributed by atoms with E-state index in [1.807, 2.05) is 42.5 Å². The first kappa shape index (κ1) is 18.1. The van der Waals surface area contributed by atoms with Gasteiger partial charge in [-0.05, 0) is 50.7 Å². The summed E-state index contributed by atoms with van der Waals surface area (Å²) in [6, 6.07) is 16.7. The minimum atomic E-state index is -0.280. The van der Waals surface area contributed by atoms with Crippen LogP contribution in [0.25, 0.3) is 0 Å². The largest absolute Gasteiger partial charge is 0.334 e. The molecule has 1 fully saturated rings. The van der Waals surface area contributed by atoms with Crippen LogP contribution in [0.5, 0.6) is 0 Å². The standard InChI is InChI=1S/C21H25N3O2/c1-24-12-10-17(11-13-24)20(25)18-8-5-9-19(14-18)23-21(26)22-15-16-6-3-2-4-7-16/h2-9,14,17H,10-13,15H2,1H3,(H2,22,23,26). The lowest BCUT2D eigenvalue weighted by atomic mass is 9.89. The minimum absolute atomic E-state index is 0.0772. The van der Waals surface area contributed by atoms with Gasteiger partial charge in [-0.3, -0.25) is 4.79 Å². The highest BCUT2D eigenvalue weighted by Gasteiger charge is 2.24. The molecule has 5 nitrogen and oxygen atoms in total. The van der Waals surface area contributed by atoms with Gasteiger partial charge in [0.05, 0.1) is 0 Å². The predicted molar refractivity (Wildman–Crippen MR) is 103 cm³/mol. The molecular formula is C21H25N3O2. The molecule has 0 unspecified atom stereocenters. The topological polar surface area (TPSA) is 61.4 Å². The summed E-state index contributed by atoms with van der Waals surface area (Å²) in [7, 11) is 2.08.